The minimum atomic E-state index is -0.520. The Bertz CT molecular complexity index is 1790. The maximum Gasteiger partial charge on any atom is 0.412 e. The number of carbonyl (C=O) groups excluding carboxylic acids is 2. The molecule has 67 heavy (non-hydrogen) atoms. The van der Waals surface area contributed by atoms with Gasteiger partial charge in [0.2, 0.25) is 0 Å². The van der Waals surface area contributed by atoms with Crippen LogP contribution in [0, 0.1) is 0 Å². The number of nitrogens with one attached hydrogen (secondary N) is 2. The van der Waals surface area contributed by atoms with Gasteiger partial charge in [0.15, 0.2) is 0 Å². The molecule has 2 amide bonds. The molecule has 0 aliphatic heterocycles. The Balaban J connectivity index is 1.26. The van der Waals surface area contributed by atoms with Crippen LogP contribution in [0.1, 0.15) is 194 Å². The number of hydrogen-bond acceptors (Lipinski definition) is 7. The van der Waals surface area contributed by atoms with Gasteiger partial charge in [-0.15, -0.1) is 0 Å². The molecular weight excluding hydrogens is 837 g/mol. The van der Waals surface area contributed by atoms with Crippen molar-refractivity contribution in [2.24, 2.45) is 0 Å². The smallest absolute Gasteiger partial charge is 0.412 e. The lowest BCUT2D eigenvalue weighted by Crippen LogP contribution is -2.27. The van der Waals surface area contributed by atoms with Crippen LogP contribution in [0.5, 0.6) is 34.5 Å². The molecular formula is C58H84N2O7. The molecule has 4 N–H and O–H groups in total. The molecule has 4 rings (SSSR count). The summed E-state index contributed by atoms with van der Waals surface area (Å²) < 4.78 is 18.1. The molecule has 0 aliphatic rings. The van der Waals surface area contributed by atoms with Crippen LogP contribution >= 0.6 is 0 Å². The molecule has 0 bridgehead atoms. The van der Waals surface area contributed by atoms with E-state index in [9.17, 15) is 19.8 Å². The normalized spacial score (nSPS) is 11.1. The topological polar surface area (TPSA) is 126 Å². The summed E-state index contributed by atoms with van der Waals surface area (Å²) in [6.45, 7) is 5.62. The lowest BCUT2D eigenvalue weighted by Gasteiger charge is -2.17. The van der Waals surface area contributed by atoms with Gasteiger partial charge in [-0.2, -0.15) is 0 Å². The van der Waals surface area contributed by atoms with Crippen LogP contribution in [-0.2, 0) is 0 Å². The number of ether oxygens (including phenoxy) is 3. The molecule has 9 heteroatoms. The number of carbonyl (C=O) groups is 2. The second kappa shape index (κ2) is 34.2. The average Bonchev–Trinajstić information content (AvgIpc) is 3.33. The van der Waals surface area contributed by atoms with Crippen LogP contribution in [0.3, 0.4) is 0 Å². The summed E-state index contributed by atoms with van der Waals surface area (Å²) in [7, 11) is 0. The molecule has 4 aromatic carbocycles. The number of phenolic OH excluding ortho intramolecular Hbond substituents is 2. The summed E-state index contributed by atoms with van der Waals surface area (Å²) in [6.07, 6.45) is 34.7. The van der Waals surface area contributed by atoms with Gasteiger partial charge in [0.1, 0.15) is 34.5 Å². The molecule has 4 aromatic rings. The van der Waals surface area contributed by atoms with E-state index in [1.54, 1.807) is 84.9 Å². The van der Waals surface area contributed by atoms with Gasteiger partial charge in [-0.05, 0) is 84.6 Å². The Labute approximate surface area is 403 Å². The summed E-state index contributed by atoms with van der Waals surface area (Å²) in [5, 5.41) is 25.9. The lowest BCUT2D eigenvalue weighted by molar-refractivity contribution is 0.199. The van der Waals surface area contributed by atoms with Crippen molar-refractivity contribution in [1.29, 1.82) is 0 Å². The largest absolute Gasteiger partial charge is 0.508 e. The van der Waals surface area contributed by atoms with E-state index in [-0.39, 0.29) is 11.5 Å². The fourth-order valence-corrected chi connectivity index (χ4v) is 8.48. The van der Waals surface area contributed by atoms with Gasteiger partial charge >= 0.3 is 12.2 Å². The third-order valence-corrected chi connectivity index (χ3v) is 12.5. The van der Waals surface area contributed by atoms with E-state index in [1.807, 2.05) is 0 Å². The molecule has 0 saturated carbocycles. The van der Waals surface area contributed by atoms with Gasteiger partial charge in [-0.25, -0.2) is 9.59 Å². The van der Waals surface area contributed by atoms with Crippen LogP contribution in [0.25, 0.3) is 22.3 Å². The molecule has 0 fully saturated rings. The van der Waals surface area contributed by atoms with E-state index < -0.39 is 12.2 Å². The fraction of sp³-hybridized carbons (Fsp3) is 0.552. The second-order valence-corrected chi connectivity index (χ2v) is 18.3. The average molecular weight is 921 g/mol. The van der Waals surface area contributed by atoms with Crippen molar-refractivity contribution in [1.82, 2.24) is 10.6 Å². The highest BCUT2D eigenvalue weighted by molar-refractivity contribution is 5.78. The van der Waals surface area contributed by atoms with Crippen LogP contribution in [0.15, 0.2) is 84.9 Å². The highest BCUT2D eigenvalue weighted by Crippen LogP contribution is 2.41. The molecule has 0 aromatic heterocycles. The first-order chi connectivity index (χ1) is 32.9. The van der Waals surface area contributed by atoms with Gasteiger partial charge in [-0.3, -0.25) is 0 Å². The molecule has 9 nitrogen and oxygen atoms in total. The Morgan fingerprint density at radius 3 is 0.970 bits per heavy atom. The van der Waals surface area contributed by atoms with Crippen molar-refractivity contribution in [3.8, 4) is 56.8 Å². The van der Waals surface area contributed by atoms with Crippen LogP contribution in [0.4, 0.5) is 9.59 Å². The summed E-state index contributed by atoms with van der Waals surface area (Å²) in [5.74, 6) is 1.87. The molecule has 368 valence electrons. The number of amides is 2. The lowest BCUT2D eigenvalue weighted by atomic mass is 10.0. The predicted octanol–water partition coefficient (Wildman–Crippen LogP) is 17.4. The summed E-state index contributed by atoms with van der Waals surface area (Å²) in [4.78, 5) is 25.7. The first kappa shape index (κ1) is 54.4. The molecule has 0 unspecified atom stereocenters. The number of phenols is 2. The third kappa shape index (κ3) is 23.4. The summed E-state index contributed by atoms with van der Waals surface area (Å²) in [6, 6.07) is 23.8. The van der Waals surface area contributed by atoms with E-state index in [2.05, 4.69) is 24.5 Å². The molecule has 0 spiro atoms. The standard InChI is InChI=1S/C58H84N2O7/c1-3-5-7-9-11-13-15-17-19-21-23-25-27-29-43-59-57(63)65-51-39-41-55(53(45-51)47-31-35-49(61)36-32-47)67-56-42-40-52(46-54(56)48-33-37-50(62)38-34-48)66-58(64)60-44-30-28-26-24-22-20-18-16-14-12-10-8-6-4-2/h31-42,45-46,61-62H,3-30,43-44H2,1-2H3,(H,59,63)(H,60,64). The van der Waals surface area contributed by atoms with Crippen LogP contribution < -0.4 is 24.8 Å². The quantitative estimate of drug-likeness (QED) is 0.0335. The zero-order chi connectivity index (χ0) is 47.6. The first-order valence-corrected chi connectivity index (χ1v) is 26.3. The van der Waals surface area contributed by atoms with Gasteiger partial charge in [0.25, 0.3) is 0 Å². The zero-order valence-corrected chi connectivity index (χ0v) is 41.2. The molecule has 0 atom stereocenters. The maximum absolute atomic E-state index is 12.9. The number of hydrogen-bond donors (Lipinski definition) is 4. The number of rotatable bonds is 36. The Kier molecular flexibility index (Phi) is 27.7. The van der Waals surface area contributed by atoms with E-state index >= 15 is 0 Å². The van der Waals surface area contributed by atoms with E-state index in [0.717, 1.165) is 36.8 Å². The molecule has 0 heterocycles. The highest BCUT2D eigenvalue weighted by atomic mass is 16.6. The van der Waals surface area contributed by atoms with E-state index in [0.29, 0.717) is 47.2 Å². The minimum absolute atomic E-state index is 0.121. The van der Waals surface area contributed by atoms with Gasteiger partial charge in [0, 0.05) is 24.2 Å². The fourth-order valence-electron chi connectivity index (χ4n) is 8.48. The van der Waals surface area contributed by atoms with Crippen molar-refractivity contribution in [3.05, 3.63) is 84.9 Å². The summed E-state index contributed by atoms with van der Waals surface area (Å²) in [5.41, 5.74) is 2.75. The number of unbranched alkanes of at least 4 members (excludes halogenated alkanes) is 26. The van der Waals surface area contributed by atoms with Crippen molar-refractivity contribution in [3.63, 3.8) is 0 Å². The minimum Gasteiger partial charge on any atom is -0.508 e. The predicted molar refractivity (Wildman–Crippen MR) is 276 cm³/mol. The van der Waals surface area contributed by atoms with E-state index in [4.69, 9.17) is 14.2 Å². The Morgan fingerprint density at radius 1 is 0.388 bits per heavy atom. The SMILES string of the molecule is CCCCCCCCCCCCCCCCNC(=O)Oc1ccc(Oc2ccc(OC(=O)NCCCCCCCCCCCCCCCC)cc2-c2ccc(O)cc2)c(-c2ccc(O)cc2)c1. The molecule has 0 radical (unpaired) electrons. The second-order valence-electron chi connectivity index (χ2n) is 18.3. The van der Waals surface area contributed by atoms with Gasteiger partial charge in [0.05, 0.1) is 0 Å². The molecule has 0 aliphatic carbocycles. The van der Waals surface area contributed by atoms with E-state index in [1.165, 1.54) is 154 Å². The number of benzene rings is 4. The molecule has 0 saturated heterocycles. The van der Waals surface area contributed by atoms with Crippen LogP contribution in [0.2, 0.25) is 0 Å². The third-order valence-electron chi connectivity index (χ3n) is 12.5. The zero-order valence-electron chi connectivity index (χ0n) is 41.2. The van der Waals surface area contributed by atoms with Crippen molar-refractivity contribution in [2.45, 2.75) is 194 Å². The Morgan fingerprint density at radius 2 is 0.672 bits per heavy atom. The maximum atomic E-state index is 12.9. The van der Waals surface area contributed by atoms with Gasteiger partial charge in [-0.1, -0.05) is 205 Å². The van der Waals surface area contributed by atoms with Crippen molar-refractivity contribution >= 4 is 12.2 Å². The highest BCUT2D eigenvalue weighted by Gasteiger charge is 2.17. The van der Waals surface area contributed by atoms with Gasteiger partial charge < -0.3 is 35.1 Å². The number of aromatic hydroxyl groups is 2. The monoisotopic (exact) mass is 921 g/mol. The van der Waals surface area contributed by atoms with Crippen LogP contribution in [-0.4, -0.2) is 35.5 Å². The first-order valence-electron chi connectivity index (χ1n) is 26.3. The Hall–Kier alpha value is -5.18. The van der Waals surface area contributed by atoms with Crippen molar-refractivity contribution in [2.75, 3.05) is 13.1 Å². The van der Waals surface area contributed by atoms with Crippen molar-refractivity contribution < 1.29 is 34.0 Å². The summed E-state index contributed by atoms with van der Waals surface area (Å²) >= 11 is 0.